The maximum atomic E-state index is 12.6. The lowest BCUT2D eigenvalue weighted by atomic mass is 10.1. The Bertz CT molecular complexity index is 511. The molecule has 2 aliphatic heterocycles. The lowest BCUT2D eigenvalue weighted by Crippen LogP contribution is -2.50. The summed E-state index contributed by atoms with van der Waals surface area (Å²) in [4.78, 5) is 14.4. The van der Waals surface area contributed by atoms with Crippen LogP contribution in [0.4, 0.5) is 0 Å². The number of amides is 1. The number of nitrogens with zero attached hydrogens (tertiary/aromatic N) is 3. The molecule has 1 amide bonds. The zero-order valence-corrected chi connectivity index (χ0v) is 14.1. The van der Waals surface area contributed by atoms with Gasteiger partial charge in [-0.05, 0) is 39.3 Å². The predicted octanol–water partition coefficient (Wildman–Crippen LogP) is 1.48. The SMILES string of the molecule is CC1(C)CN(C(=O)c2ccn(C3CCCNC3)n2)CCO1.Cl. The van der Waals surface area contributed by atoms with Crippen LogP contribution in [0, 0.1) is 0 Å². The zero-order chi connectivity index (χ0) is 14.9. The molecule has 3 heterocycles. The van der Waals surface area contributed by atoms with Crippen molar-refractivity contribution >= 4 is 18.3 Å². The first-order valence-corrected chi connectivity index (χ1v) is 7.74. The Kier molecular flexibility index (Phi) is 5.47. The molecule has 0 radical (unpaired) electrons. The van der Waals surface area contributed by atoms with Crippen LogP contribution in [0.2, 0.25) is 0 Å². The largest absolute Gasteiger partial charge is 0.372 e. The van der Waals surface area contributed by atoms with Crippen LogP contribution in [0.5, 0.6) is 0 Å². The summed E-state index contributed by atoms with van der Waals surface area (Å²) in [6.45, 7) is 7.87. The molecule has 3 rings (SSSR count). The van der Waals surface area contributed by atoms with Gasteiger partial charge in [0.2, 0.25) is 0 Å². The lowest BCUT2D eigenvalue weighted by Gasteiger charge is -2.37. The first-order valence-electron chi connectivity index (χ1n) is 7.74. The summed E-state index contributed by atoms with van der Waals surface area (Å²) < 4.78 is 7.59. The summed E-state index contributed by atoms with van der Waals surface area (Å²) in [6, 6.07) is 2.20. The van der Waals surface area contributed by atoms with E-state index in [-0.39, 0.29) is 23.9 Å². The smallest absolute Gasteiger partial charge is 0.274 e. The standard InChI is InChI=1S/C15H24N4O2.ClH/c1-15(2)11-18(8-9-21-15)14(20)13-5-7-19(17-13)12-4-3-6-16-10-12;/h5,7,12,16H,3-4,6,8-11H2,1-2H3;1H. The molecule has 0 bridgehead atoms. The van der Waals surface area contributed by atoms with Gasteiger partial charge in [0.1, 0.15) is 5.69 Å². The van der Waals surface area contributed by atoms with Crippen molar-refractivity contribution in [2.75, 3.05) is 32.8 Å². The number of piperidine rings is 1. The van der Waals surface area contributed by atoms with Gasteiger partial charge < -0.3 is 15.0 Å². The second-order valence-electron chi connectivity index (χ2n) is 6.52. The molecule has 7 heteroatoms. The topological polar surface area (TPSA) is 59.4 Å². The molecule has 0 aromatic carbocycles. The Hall–Kier alpha value is -1.11. The molecule has 22 heavy (non-hydrogen) atoms. The molecular formula is C15H25ClN4O2. The second-order valence-corrected chi connectivity index (χ2v) is 6.52. The summed E-state index contributed by atoms with van der Waals surface area (Å²) in [7, 11) is 0. The van der Waals surface area contributed by atoms with Gasteiger partial charge in [-0.3, -0.25) is 9.48 Å². The first-order chi connectivity index (χ1) is 10.1. The highest BCUT2D eigenvalue weighted by Gasteiger charge is 2.31. The van der Waals surface area contributed by atoms with E-state index in [0.717, 1.165) is 25.9 Å². The van der Waals surface area contributed by atoms with E-state index >= 15 is 0 Å². The molecule has 0 saturated carbocycles. The molecule has 0 aliphatic carbocycles. The summed E-state index contributed by atoms with van der Waals surface area (Å²) in [5.74, 6) is 0.00823. The van der Waals surface area contributed by atoms with Crippen LogP contribution >= 0.6 is 12.4 Å². The van der Waals surface area contributed by atoms with Gasteiger partial charge in [-0.1, -0.05) is 0 Å². The number of carbonyl (C=O) groups excluding carboxylic acids is 1. The van der Waals surface area contributed by atoms with E-state index in [1.54, 1.807) is 0 Å². The second kappa shape index (κ2) is 6.98. The van der Waals surface area contributed by atoms with Crippen LogP contribution in [0.25, 0.3) is 0 Å². The fourth-order valence-electron chi connectivity index (χ4n) is 3.07. The summed E-state index contributed by atoms with van der Waals surface area (Å²) in [6.07, 6.45) is 4.20. The van der Waals surface area contributed by atoms with Crippen LogP contribution in [-0.4, -0.2) is 59.0 Å². The normalized spacial score (nSPS) is 24.6. The Labute approximate surface area is 137 Å². The van der Waals surface area contributed by atoms with Gasteiger partial charge in [0, 0.05) is 25.8 Å². The van der Waals surface area contributed by atoms with Gasteiger partial charge in [0.05, 0.1) is 18.2 Å². The third-order valence-corrected chi connectivity index (χ3v) is 4.19. The molecule has 1 unspecified atom stereocenters. The van der Waals surface area contributed by atoms with Crippen molar-refractivity contribution in [1.82, 2.24) is 20.0 Å². The van der Waals surface area contributed by atoms with Crippen molar-refractivity contribution in [3.05, 3.63) is 18.0 Å². The number of aromatic nitrogens is 2. The van der Waals surface area contributed by atoms with Gasteiger partial charge in [-0.2, -0.15) is 5.10 Å². The molecule has 124 valence electrons. The van der Waals surface area contributed by atoms with Crippen LogP contribution in [0.15, 0.2) is 12.3 Å². The third-order valence-electron chi connectivity index (χ3n) is 4.19. The van der Waals surface area contributed by atoms with E-state index in [0.29, 0.717) is 31.4 Å². The molecular weight excluding hydrogens is 304 g/mol. The Morgan fingerprint density at radius 1 is 1.50 bits per heavy atom. The van der Waals surface area contributed by atoms with Gasteiger partial charge in [-0.25, -0.2) is 0 Å². The Morgan fingerprint density at radius 2 is 2.32 bits per heavy atom. The maximum absolute atomic E-state index is 12.6. The number of halogens is 1. The van der Waals surface area contributed by atoms with Crippen molar-refractivity contribution in [3.63, 3.8) is 0 Å². The van der Waals surface area contributed by atoms with Crippen LogP contribution in [0.1, 0.15) is 43.2 Å². The zero-order valence-electron chi connectivity index (χ0n) is 13.2. The van der Waals surface area contributed by atoms with Crippen molar-refractivity contribution in [2.24, 2.45) is 0 Å². The van der Waals surface area contributed by atoms with E-state index in [4.69, 9.17) is 4.74 Å². The summed E-state index contributed by atoms with van der Waals surface area (Å²) in [5.41, 5.74) is 0.266. The first kappa shape index (κ1) is 17.2. The molecule has 1 N–H and O–H groups in total. The summed E-state index contributed by atoms with van der Waals surface area (Å²) >= 11 is 0. The minimum atomic E-state index is -0.274. The number of morpholine rings is 1. The third kappa shape index (κ3) is 3.80. The van der Waals surface area contributed by atoms with Gasteiger partial charge >= 0.3 is 0 Å². The van der Waals surface area contributed by atoms with Crippen LogP contribution in [-0.2, 0) is 4.74 Å². The van der Waals surface area contributed by atoms with E-state index < -0.39 is 0 Å². The maximum Gasteiger partial charge on any atom is 0.274 e. The average Bonchev–Trinajstić information content (AvgIpc) is 2.96. The molecule has 0 spiro atoms. The van der Waals surface area contributed by atoms with Crippen molar-refractivity contribution < 1.29 is 9.53 Å². The fourth-order valence-corrected chi connectivity index (χ4v) is 3.07. The summed E-state index contributed by atoms with van der Waals surface area (Å²) in [5, 5.41) is 7.87. The molecule has 1 aromatic heterocycles. The monoisotopic (exact) mass is 328 g/mol. The van der Waals surface area contributed by atoms with Gasteiger partial charge in [-0.15, -0.1) is 12.4 Å². The van der Waals surface area contributed by atoms with Crippen molar-refractivity contribution in [3.8, 4) is 0 Å². The molecule has 2 aliphatic rings. The fraction of sp³-hybridized carbons (Fsp3) is 0.733. The van der Waals surface area contributed by atoms with Crippen molar-refractivity contribution in [2.45, 2.75) is 38.3 Å². The highest BCUT2D eigenvalue weighted by atomic mass is 35.5. The molecule has 1 atom stereocenters. The Morgan fingerprint density at radius 3 is 3.00 bits per heavy atom. The highest BCUT2D eigenvalue weighted by molar-refractivity contribution is 5.92. The average molecular weight is 329 g/mol. The molecule has 6 nitrogen and oxygen atoms in total. The minimum absolute atomic E-state index is 0. The molecule has 1 aromatic rings. The number of ether oxygens (including phenoxy) is 1. The van der Waals surface area contributed by atoms with E-state index in [1.165, 1.54) is 0 Å². The van der Waals surface area contributed by atoms with Crippen LogP contribution in [0.3, 0.4) is 0 Å². The quantitative estimate of drug-likeness (QED) is 0.893. The van der Waals surface area contributed by atoms with E-state index in [9.17, 15) is 4.79 Å². The minimum Gasteiger partial charge on any atom is -0.372 e. The number of carbonyl (C=O) groups is 1. The van der Waals surface area contributed by atoms with Crippen molar-refractivity contribution in [1.29, 1.82) is 0 Å². The number of hydrogen-bond acceptors (Lipinski definition) is 4. The molecule has 2 saturated heterocycles. The number of rotatable bonds is 2. The lowest BCUT2D eigenvalue weighted by molar-refractivity contribution is -0.0765. The number of hydrogen-bond donors (Lipinski definition) is 1. The van der Waals surface area contributed by atoms with E-state index in [2.05, 4.69) is 10.4 Å². The Balaban J connectivity index is 0.00000176. The van der Waals surface area contributed by atoms with Gasteiger partial charge in [0.25, 0.3) is 5.91 Å². The number of nitrogens with one attached hydrogen (secondary N) is 1. The van der Waals surface area contributed by atoms with E-state index in [1.807, 2.05) is 35.7 Å². The van der Waals surface area contributed by atoms with Gasteiger partial charge in [0.15, 0.2) is 0 Å². The van der Waals surface area contributed by atoms with Crippen LogP contribution < -0.4 is 5.32 Å². The highest BCUT2D eigenvalue weighted by Crippen LogP contribution is 2.19. The predicted molar refractivity (Wildman–Crippen MR) is 86.6 cm³/mol. The molecule has 2 fully saturated rings.